The molecule has 2 aromatic rings. The van der Waals surface area contributed by atoms with Gasteiger partial charge < -0.3 is 9.84 Å². The number of hydrogen-bond acceptors (Lipinski definition) is 3. The van der Waals surface area contributed by atoms with Crippen molar-refractivity contribution in [3.8, 4) is 5.75 Å². The van der Waals surface area contributed by atoms with Crippen LogP contribution in [0.3, 0.4) is 0 Å². The molecule has 0 heterocycles. The van der Waals surface area contributed by atoms with Crippen LogP contribution in [0, 0.1) is 0 Å². The van der Waals surface area contributed by atoms with Crippen molar-refractivity contribution in [3.05, 3.63) is 77.4 Å². The molecule has 0 aliphatic carbocycles. The Balaban J connectivity index is 2.20. The van der Waals surface area contributed by atoms with Crippen molar-refractivity contribution in [3.63, 3.8) is 0 Å². The van der Waals surface area contributed by atoms with Crippen LogP contribution in [-0.2, 0) is 4.74 Å². The molecule has 0 amide bonds. The predicted octanol–water partition coefficient (Wildman–Crippen LogP) is 3.91. The molecule has 3 nitrogen and oxygen atoms in total. The normalized spacial score (nSPS) is 11.1. The number of rotatable bonds is 4. The minimum Gasteiger partial charge on any atom is -0.507 e. The van der Waals surface area contributed by atoms with Gasteiger partial charge in [0, 0.05) is 0 Å². The minimum absolute atomic E-state index is 0.0870. The number of benzene rings is 2. The Labute approximate surface area is 123 Å². The molecule has 0 bridgehead atoms. The van der Waals surface area contributed by atoms with Crippen LogP contribution < -0.4 is 0 Å². The van der Waals surface area contributed by atoms with Crippen LogP contribution in [-0.4, -0.2) is 18.2 Å². The molecule has 1 N–H and O–H groups in total. The third kappa shape index (κ3) is 3.83. The standard InChI is InChI=1S/C18H16O3/c1-21-18(20)17-15(12-7-13-16(17)19)11-6-5-10-14-8-3-2-4-9-14/h2-13,19H,1H3/b10-5+,11-6+. The van der Waals surface area contributed by atoms with Crippen molar-refractivity contribution in [2.45, 2.75) is 0 Å². The van der Waals surface area contributed by atoms with E-state index in [2.05, 4.69) is 4.74 Å². The van der Waals surface area contributed by atoms with Crippen LogP contribution in [0.1, 0.15) is 21.5 Å². The van der Waals surface area contributed by atoms with Crippen molar-refractivity contribution in [1.82, 2.24) is 0 Å². The maximum Gasteiger partial charge on any atom is 0.342 e. The number of hydrogen-bond donors (Lipinski definition) is 1. The van der Waals surface area contributed by atoms with Gasteiger partial charge in [0.05, 0.1) is 7.11 Å². The van der Waals surface area contributed by atoms with E-state index in [1.54, 1.807) is 18.2 Å². The number of phenols is 1. The Bertz CT molecular complexity index is 670. The fourth-order valence-electron chi connectivity index (χ4n) is 1.91. The monoisotopic (exact) mass is 280 g/mol. The Morgan fingerprint density at radius 1 is 1.00 bits per heavy atom. The zero-order chi connectivity index (χ0) is 15.1. The third-order valence-electron chi connectivity index (χ3n) is 2.94. The summed E-state index contributed by atoms with van der Waals surface area (Å²) in [6.45, 7) is 0. The van der Waals surface area contributed by atoms with E-state index < -0.39 is 5.97 Å². The number of ether oxygens (including phenoxy) is 1. The highest BCUT2D eigenvalue weighted by molar-refractivity contribution is 5.96. The van der Waals surface area contributed by atoms with Gasteiger partial charge in [-0.15, -0.1) is 0 Å². The van der Waals surface area contributed by atoms with Gasteiger partial charge in [0.2, 0.25) is 0 Å². The lowest BCUT2D eigenvalue weighted by Gasteiger charge is -2.05. The van der Waals surface area contributed by atoms with Gasteiger partial charge in [-0.2, -0.15) is 0 Å². The molecule has 0 atom stereocenters. The molecular formula is C18H16O3. The van der Waals surface area contributed by atoms with Crippen molar-refractivity contribution in [2.24, 2.45) is 0 Å². The molecule has 2 aromatic carbocycles. The smallest absolute Gasteiger partial charge is 0.342 e. The zero-order valence-corrected chi connectivity index (χ0v) is 11.7. The molecule has 0 radical (unpaired) electrons. The van der Waals surface area contributed by atoms with Crippen molar-refractivity contribution in [2.75, 3.05) is 7.11 Å². The fourth-order valence-corrected chi connectivity index (χ4v) is 1.91. The lowest BCUT2D eigenvalue weighted by molar-refractivity contribution is 0.0597. The molecule has 0 aliphatic rings. The highest BCUT2D eigenvalue weighted by atomic mass is 16.5. The molecule has 0 saturated heterocycles. The lowest BCUT2D eigenvalue weighted by Crippen LogP contribution is -2.03. The van der Waals surface area contributed by atoms with E-state index in [0.29, 0.717) is 5.56 Å². The number of esters is 1. The molecule has 0 unspecified atom stereocenters. The highest BCUT2D eigenvalue weighted by Gasteiger charge is 2.14. The van der Waals surface area contributed by atoms with Crippen LogP contribution in [0.2, 0.25) is 0 Å². The number of carbonyl (C=O) groups is 1. The average molecular weight is 280 g/mol. The second-order valence-electron chi connectivity index (χ2n) is 4.36. The molecule has 0 aliphatic heterocycles. The fraction of sp³-hybridized carbons (Fsp3) is 0.0556. The van der Waals surface area contributed by atoms with Crippen LogP contribution in [0.5, 0.6) is 5.75 Å². The molecule has 3 heteroatoms. The van der Waals surface area contributed by atoms with E-state index >= 15 is 0 Å². The number of aromatic hydroxyl groups is 1. The van der Waals surface area contributed by atoms with Crippen molar-refractivity contribution in [1.29, 1.82) is 0 Å². The molecule has 0 saturated carbocycles. The predicted molar refractivity (Wildman–Crippen MR) is 84.0 cm³/mol. The van der Waals surface area contributed by atoms with Gasteiger partial charge >= 0.3 is 5.97 Å². The van der Waals surface area contributed by atoms with Gasteiger partial charge in [-0.05, 0) is 17.2 Å². The second kappa shape index (κ2) is 7.10. The molecule has 2 rings (SSSR count). The van der Waals surface area contributed by atoms with Gasteiger partial charge in [-0.3, -0.25) is 0 Å². The summed E-state index contributed by atoms with van der Waals surface area (Å²) in [6, 6.07) is 14.8. The first-order valence-electron chi connectivity index (χ1n) is 6.52. The van der Waals surface area contributed by atoms with E-state index in [-0.39, 0.29) is 11.3 Å². The van der Waals surface area contributed by atoms with Crippen LogP contribution >= 0.6 is 0 Å². The maximum absolute atomic E-state index is 11.7. The van der Waals surface area contributed by atoms with Gasteiger partial charge in [0.1, 0.15) is 11.3 Å². The van der Waals surface area contributed by atoms with Crippen LogP contribution in [0.25, 0.3) is 12.2 Å². The number of carbonyl (C=O) groups excluding carboxylic acids is 1. The summed E-state index contributed by atoms with van der Waals surface area (Å²) in [6.07, 6.45) is 7.40. The van der Waals surface area contributed by atoms with Gasteiger partial charge in [-0.25, -0.2) is 4.79 Å². The van der Waals surface area contributed by atoms with Gasteiger partial charge in [0.15, 0.2) is 0 Å². The number of phenolic OH excluding ortho intramolecular Hbond substituents is 1. The van der Waals surface area contributed by atoms with E-state index in [1.165, 1.54) is 13.2 Å². The summed E-state index contributed by atoms with van der Waals surface area (Å²) in [4.78, 5) is 11.7. The summed E-state index contributed by atoms with van der Waals surface area (Å²) in [5.41, 5.74) is 1.87. The average Bonchev–Trinajstić information content (AvgIpc) is 2.52. The van der Waals surface area contributed by atoms with E-state index in [4.69, 9.17) is 0 Å². The first-order valence-corrected chi connectivity index (χ1v) is 6.52. The zero-order valence-electron chi connectivity index (χ0n) is 11.7. The number of allylic oxidation sites excluding steroid dienone is 2. The topological polar surface area (TPSA) is 46.5 Å². The Kier molecular flexibility index (Phi) is 4.94. The first-order chi connectivity index (χ1) is 10.2. The third-order valence-corrected chi connectivity index (χ3v) is 2.94. The SMILES string of the molecule is COC(=O)c1c(O)cccc1/C=C/C=C/c1ccccc1. The Morgan fingerprint density at radius 3 is 2.43 bits per heavy atom. The summed E-state index contributed by atoms with van der Waals surface area (Å²) >= 11 is 0. The molecule has 0 fully saturated rings. The summed E-state index contributed by atoms with van der Waals surface area (Å²) < 4.78 is 4.68. The van der Waals surface area contributed by atoms with Gasteiger partial charge in [0.25, 0.3) is 0 Å². The quantitative estimate of drug-likeness (QED) is 0.682. The maximum atomic E-state index is 11.7. The van der Waals surface area contributed by atoms with Crippen molar-refractivity contribution < 1.29 is 14.6 Å². The summed E-state index contributed by atoms with van der Waals surface area (Å²) in [5, 5.41) is 9.77. The summed E-state index contributed by atoms with van der Waals surface area (Å²) in [5.74, 6) is -0.643. The molecule has 0 aromatic heterocycles. The van der Waals surface area contributed by atoms with Crippen LogP contribution in [0.4, 0.5) is 0 Å². The lowest BCUT2D eigenvalue weighted by atomic mass is 10.1. The highest BCUT2D eigenvalue weighted by Crippen LogP contribution is 2.23. The minimum atomic E-state index is -0.556. The first kappa shape index (κ1) is 14.6. The number of methoxy groups -OCH3 is 1. The largest absolute Gasteiger partial charge is 0.507 e. The van der Waals surface area contributed by atoms with E-state index in [9.17, 15) is 9.90 Å². The second-order valence-corrected chi connectivity index (χ2v) is 4.36. The van der Waals surface area contributed by atoms with E-state index in [1.807, 2.05) is 48.6 Å². The molecular weight excluding hydrogens is 264 g/mol. The molecule has 106 valence electrons. The summed E-state index contributed by atoms with van der Waals surface area (Å²) in [7, 11) is 1.29. The van der Waals surface area contributed by atoms with Gasteiger partial charge in [-0.1, -0.05) is 66.8 Å². The molecule has 0 spiro atoms. The van der Waals surface area contributed by atoms with Crippen LogP contribution in [0.15, 0.2) is 60.7 Å². The molecule has 21 heavy (non-hydrogen) atoms. The van der Waals surface area contributed by atoms with Crippen molar-refractivity contribution >= 4 is 18.1 Å². The van der Waals surface area contributed by atoms with E-state index in [0.717, 1.165) is 5.56 Å². The Hall–Kier alpha value is -2.81. The Morgan fingerprint density at radius 2 is 1.71 bits per heavy atom.